The van der Waals surface area contributed by atoms with Crippen LogP contribution in [-0.2, 0) is 0 Å². The molecule has 1 aromatic carbocycles. The van der Waals surface area contributed by atoms with E-state index < -0.39 is 0 Å². The SMILES string of the molecule is O=C(Nc1nc2cc(Oc3cccc4cccnc34)ccn2n1)c1ccncc1. The lowest BCUT2D eigenvalue weighted by Gasteiger charge is -2.08. The monoisotopic (exact) mass is 382 g/mol. The Hall–Kier alpha value is -4.33. The molecule has 0 saturated heterocycles. The predicted molar refractivity (Wildman–Crippen MR) is 107 cm³/mol. The van der Waals surface area contributed by atoms with Gasteiger partial charge in [-0.05, 0) is 30.3 Å². The standard InChI is InChI=1S/C21H14N6O2/c28-20(15-6-10-22-11-7-15)25-21-24-18-13-16(8-12-27(18)26-21)29-17-5-1-3-14-4-2-9-23-19(14)17/h1-13H,(H,25,26,28). The van der Waals surface area contributed by atoms with Crippen LogP contribution in [0.25, 0.3) is 16.6 Å². The van der Waals surface area contributed by atoms with Crippen molar-refractivity contribution in [3.63, 3.8) is 0 Å². The average Bonchev–Trinajstić information content (AvgIpc) is 3.16. The van der Waals surface area contributed by atoms with Gasteiger partial charge in [0.15, 0.2) is 11.4 Å². The minimum absolute atomic E-state index is 0.204. The molecular weight excluding hydrogens is 368 g/mol. The van der Waals surface area contributed by atoms with Gasteiger partial charge in [0.25, 0.3) is 5.91 Å². The van der Waals surface area contributed by atoms with Crippen LogP contribution >= 0.6 is 0 Å². The molecule has 0 aliphatic heterocycles. The highest BCUT2D eigenvalue weighted by Crippen LogP contribution is 2.28. The van der Waals surface area contributed by atoms with Crippen LogP contribution in [0.3, 0.4) is 0 Å². The lowest BCUT2D eigenvalue weighted by atomic mass is 10.2. The Bertz CT molecular complexity index is 1330. The first-order valence-electron chi connectivity index (χ1n) is 8.86. The number of carbonyl (C=O) groups excluding carboxylic acids is 1. The van der Waals surface area contributed by atoms with Crippen LogP contribution < -0.4 is 10.1 Å². The molecule has 0 unspecified atom stereocenters. The normalized spacial score (nSPS) is 10.9. The van der Waals surface area contributed by atoms with Gasteiger partial charge >= 0.3 is 0 Å². The average molecular weight is 382 g/mol. The van der Waals surface area contributed by atoms with Crippen LogP contribution in [0.1, 0.15) is 10.4 Å². The van der Waals surface area contributed by atoms with Gasteiger partial charge in [0.05, 0.1) is 0 Å². The lowest BCUT2D eigenvalue weighted by Crippen LogP contribution is -2.12. The van der Waals surface area contributed by atoms with Crippen LogP contribution in [0.2, 0.25) is 0 Å². The van der Waals surface area contributed by atoms with Gasteiger partial charge < -0.3 is 4.74 Å². The maximum atomic E-state index is 12.3. The Morgan fingerprint density at radius 1 is 1.00 bits per heavy atom. The van der Waals surface area contributed by atoms with Gasteiger partial charge in [-0.15, -0.1) is 5.10 Å². The number of aromatic nitrogens is 5. The molecule has 0 atom stereocenters. The van der Waals surface area contributed by atoms with Gasteiger partial charge in [0, 0.05) is 41.8 Å². The molecule has 29 heavy (non-hydrogen) atoms. The van der Waals surface area contributed by atoms with E-state index in [0.29, 0.717) is 22.7 Å². The fourth-order valence-electron chi connectivity index (χ4n) is 2.94. The number of rotatable bonds is 4. The van der Waals surface area contributed by atoms with Crippen molar-refractivity contribution < 1.29 is 9.53 Å². The van der Waals surface area contributed by atoms with Crippen molar-refractivity contribution in [1.82, 2.24) is 24.6 Å². The second-order valence-electron chi connectivity index (χ2n) is 6.22. The molecule has 0 spiro atoms. The van der Waals surface area contributed by atoms with E-state index in [2.05, 4.69) is 25.4 Å². The lowest BCUT2D eigenvalue weighted by molar-refractivity contribution is 0.102. The van der Waals surface area contributed by atoms with Crippen LogP contribution in [0.4, 0.5) is 5.95 Å². The molecule has 0 aliphatic rings. The van der Waals surface area contributed by atoms with Gasteiger partial charge in [-0.1, -0.05) is 18.2 Å². The topological polar surface area (TPSA) is 94.3 Å². The smallest absolute Gasteiger partial charge is 0.258 e. The summed E-state index contributed by atoms with van der Waals surface area (Å²) in [6.45, 7) is 0. The number of anilines is 1. The van der Waals surface area contributed by atoms with Crippen molar-refractivity contribution >= 4 is 28.4 Å². The van der Waals surface area contributed by atoms with E-state index in [1.54, 1.807) is 53.6 Å². The summed E-state index contributed by atoms with van der Waals surface area (Å²) in [7, 11) is 0. The van der Waals surface area contributed by atoms with E-state index in [9.17, 15) is 4.79 Å². The number of nitrogens with zero attached hydrogens (tertiary/aromatic N) is 5. The van der Waals surface area contributed by atoms with E-state index in [0.717, 1.165) is 10.9 Å². The number of nitrogens with one attached hydrogen (secondary N) is 1. The second-order valence-corrected chi connectivity index (χ2v) is 6.22. The Labute approximate surface area is 164 Å². The van der Waals surface area contributed by atoms with E-state index in [4.69, 9.17) is 4.74 Å². The number of fused-ring (bicyclic) bond motifs is 2. The highest BCUT2D eigenvalue weighted by Gasteiger charge is 2.11. The molecule has 8 nitrogen and oxygen atoms in total. The van der Waals surface area contributed by atoms with Gasteiger partial charge in [-0.25, -0.2) is 4.52 Å². The van der Waals surface area contributed by atoms with Gasteiger partial charge in [-0.2, -0.15) is 4.98 Å². The number of pyridine rings is 3. The predicted octanol–water partition coefficient (Wildman–Crippen LogP) is 3.72. The molecule has 0 fully saturated rings. The van der Waals surface area contributed by atoms with Gasteiger partial charge in [0.2, 0.25) is 5.95 Å². The Balaban J connectivity index is 1.41. The summed E-state index contributed by atoms with van der Waals surface area (Å²) in [6.07, 6.45) is 6.56. The first-order valence-corrected chi connectivity index (χ1v) is 8.86. The first kappa shape index (κ1) is 16.8. The number of amides is 1. The third kappa shape index (κ3) is 3.34. The molecule has 5 rings (SSSR count). The number of ether oxygens (including phenoxy) is 1. The van der Waals surface area contributed by atoms with Crippen molar-refractivity contribution in [2.45, 2.75) is 0 Å². The molecule has 4 aromatic heterocycles. The summed E-state index contributed by atoms with van der Waals surface area (Å²) in [5.41, 5.74) is 1.80. The molecule has 1 amide bonds. The van der Waals surface area contributed by atoms with Crippen LogP contribution in [-0.4, -0.2) is 30.5 Å². The molecule has 5 aromatic rings. The van der Waals surface area contributed by atoms with Crippen LogP contribution in [0.15, 0.2) is 79.4 Å². The highest BCUT2D eigenvalue weighted by molar-refractivity contribution is 6.03. The van der Waals surface area contributed by atoms with Crippen molar-refractivity contribution in [2.24, 2.45) is 0 Å². The molecule has 140 valence electrons. The fourth-order valence-corrected chi connectivity index (χ4v) is 2.94. The fraction of sp³-hybridized carbons (Fsp3) is 0. The third-order valence-electron chi connectivity index (χ3n) is 4.30. The molecular formula is C21H14N6O2. The highest BCUT2D eigenvalue weighted by atomic mass is 16.5. The number of carbonyl (C=O) groups is 1. The molecule has 0 radical (unpaired) electrons. The van der Waals surface area contributed by atoms with Crippen LogP contribution in [0, 0.1) is 0 Å². The third-order valence-corrected chi connectivity index (χ3v) is 4.30. The number of hydrogen-bond acceptors (Lipinski definition) is 6. The van der Waals surface area contributed by atoms with Crippen molar-refractivity contribution in [3.8, 4) is 11.5 Å². The summed E-state index contributed by atoms with van der Waals surface area (Å²) < 4.78 is 7.59. The van der Waals surface area contributed by atoms with Crippen LogP contribution in [0.5, 0.6) is 11.5 Å². The van der Waals surface area contributed by atoms with E-state index in [1.807, 2.05) is 30.3 Å². The molecule has 4 heterocycles. The van der Waals surface area contributed by atoms with Gasteiger partial charge in [0.1, 0.15) is 11.3 Å². The van der Waals surface area contributed by atoms with Gasteiger partial charge in [-0.3, -0.25) is 20.1 Å². The number of hydrogen-bond donors (Lipinski definition) is 1. The summed E-state index contributed by atoms with van der Waals surface area (Å²) in [4.78, 5) is 24.9. The molecule has 8 heteroatoms. The zero-order valence-electron chi connectivity index (χ0n) is 15.1. The zero-order chi connectivity index (χ0) is 19.6. The van der Waals surface area contributed by atoms with Crippen molar-refractivity contribution in [1.29, 1.82) is 0 Å². The molecule has 0 aliphatic carbocycles. The zero-order valence-corrected chi connectivity index (χ0v) is 15.1. The second kappa shape index (κ2) is 7.01. The molecule has 0 bridgehead atoms. The Morgan fingerprint density at radius 3 is 2.76 bits per heavy atom. The quantitative estimate of drug-likeness (QED) is 0.509. The van der Waals surface area contributed by atoms with Crippen molar-refractivity contribution in [3.05, 3.63) is 84.9 Å². The van der Waals surface area contributed by atoms with E-state index in [-0.39, 0.29) is 11.9 Å². The molecule has 1 N–H and O–H groups in total. The molecule has 0 saturated carbocycles. The van der Waals surface area contributed by atoms with E-state index in [1.165, 1.54) is 0 Å². The minimum atomic E-state index is -0.304. The maximum absolute atomic E-state index is 12.3. The summed E-state index contributed by atoms with van der Waals surface area (Å²) in [6, 6.07) is 16.4. The van der Waals surface area contributed by atoms with Crippen molar-refractivity contribution in [2.75, 3.05) is 5.32 Å². The maximum Gasteiger partial charge on any atom is 0.258 e. The minimum Gasteiger partial charge on any atom is -0.455 e. The summed E-state index contributed by atoms with van der Waals surface area (Å²) >= 11 is 0. The Morgan fingerprint density at radius 2 is 1.86 bits per heavy atom. The summed E-state index contributed by atoms with van der Waals surface area (Å²) in [5, 5.41) is 7.94. The largest absolute Gasteiger partial charge is 0.455 e. The number of benzene rings is 1. The Kier molecular flexibility index (Phi) is 4.06. The number of para-hydroxylation sites is 1. The summed E-state index contributed by atoms with van der Waals surface area (Å²) in [5.74, 6) is 1.14. The first-order chi connectivity index (χ1) is 14.3. The van der Waals surface area contributed by atoms with E-state index >= 15 is 0 Å².